The molecule has 0 aliphatic carbocycles. The molecule has 0 spiro atoms. The molecule has 1 aliphatic rings. The molecule has 1 aliphatic heterocycles. The van der Waals surface area contributed by atoms with Crippen molar-refractivity contribution in [3.05, 3.63) is 0 Å². The fourth-order valence-electron chi connectivity index (χ4n) is 1.14. The first kappa shape index (κ1) is 9.98. The molecule has 1 heterocycles. The van der Waals surface area contributed by atoms with E-state index < -0.39 is 0 Å². The van der Waals surface area contributed by atoms with Gasteiger partial charge < -0.3 is 15.4 Å². The molecule has 2 N–H and O–H groups in total. The average molecular weight is 186 g/mol. The molecule has 5 nitrogen and oxygen atoms in total. The maximum absolute atomic E-state index is 11.2. The number of hydrogen-bond acceptors (Lipinski definition) is 4. The fraction of sp³-hybridized carbons (Fsp3) is 0.750. The second-order valence-electron chi connectivity index (χ2n) is 3.28. The van der Waals surface area contributed by atoms with E-state index in [9.17, 15) is 9.59 Å². The molecular formula is C8H14N2O3. The van der Waals surface area contributed by atoms with Crippen LogP contribution in [0.3, 0.4) is 0 Å². The van der Waals surface area contributed by atoms with Crippen LogP contribution in [0, 0.1) is 5.92 Å². The average Bonchev–Trinajstić information content (AvgIpc) is 2.11. The van der Waals surface area contributed by atoms with Crippen molar-refractivity contribution in [2.75, 3.05) is 26.2 Å². The van der Waals surface area contributed by atoms with Crippen LogP contribution in [0.15, 0.2) is 0 Å². The number of cyclic esters (lactones) is 1. The van der Waals surface area contributed by atoms with Crippen molar-refractivity contribution in [2.24, 2.45) is 11.7 Å². The summed E-state index contributed by atoms with van der Waals surface area (Å²) < 4.78 is 4.57. The van der Waals surface area contributed by atoms with E-state index in [1.54, 1.807) is 0 Å². The van der Waals surface area contributed by atoms with E-state index in [2.05, 4.69) is 4.74 Å². The standard InChI is InChI=1S/C8H14N2O3/c1-6(2-9)3-10-4-8(12)13-5-7(10)11/h6H,2-5,9H2,1H3. The van der Waals surface area contributed by atoms with Gasteiger partial charge in [-0.2, -0.15) is 0 Å². The first-order valence-electron chi connectivity index (χ1n) is 4.27. The quantitative estimate of drug-likeness (QED) is 0.572. The van der Waals surface area contributed by atoms with Crippen molar-refractivity contribution in [3.8, 4) is 0 Å². The van der Waals surface area contributed by atoms with Gasteiger partial charge in [0.05, 0.1) is 0 Å². The minimum Gasteiger partial charge on any atom is -0.454 e. The van der Waals surface area contributed by atoms with E-state index in [-0.39, 0.29) is 30.9 Å². The molecule has 0 aromatic heterocycles. The molecule has 0 aromatic rings. The molecule has 1 unspecified atom stereocenters. The van der Waals surface area contributed by atoms with Gasteiger partial charge in [-0.1, -0.05) is 6.92 Å². The van der Waals surface area contributed by atoms with Gasteiger partial charge >= 0.3 is 5.97 Å². The predicted molar refractivity (Wildman–Crippen MR) is 45.8 cm³/mol. The Morgan fingerprint density at radius 1 is 1.62 bits per heavy atom. The monoisotopic (exact) mass is 186 g/mol. The molecule has 1 saturated heterocycles. The van der Waals surface area contributed by atoms with Crippen LogP contribution in [0.5, 0.6) is 0 Å². The van der Waals surface area contributed by atoms with Gasteiger partial charge in [0.2, 0.25) is 0 Å². The summed E-state index contributed by atoms with van der Waals surface area (Å²) in [5, 5.41) is 0. The Bertz CT molecular complexity index is 217. The highest BCUT2D eigenvalue weighted by atomic mass is 16.5. The van der Waals surface area contributed by atoms with Gasteiger partial charge in [-0.25, -0.2) is 0 Å². The van der Waals surface area contributed by atoms with Gasteiger partial charge in [-0.05, 0) is 12.5 Å². The van der Waals surface area contributed by atoms with Crippen LogP contribution in [-0.2, 0) is 14.3 Å². The minimum absolute atomic E-state index is 0.0587. The van der Waals surface area contributed by atoms with Crippen LogP contribution >= 0.6 is 0 Å². The number of amides is 1. The molecule has 13 heavy (non-hydrogen) atoms. The third kappa shape index (κ3) is 2.69. The predicted octanol–water partition coefficient (Wildman–Crippen LogP) is -1.03. The molecule has 0 radical (unpaired) electrons. The number of morpholine rings is 1. The van der Waals surface area contributed by atoms with E-state index in [0.29, 0.717) is 13.1 Å². The zero-order valence-corrected chi connectivity index (χ0v) is 7.66. The second-order valence-corrected chi connectivity index (χ2v) is 3.28. The molecule has 1 fully saturated rings. The fourth-order valence-corrected chi connectivity index (χ4v) is 1.14. The number of hydrogen-bond donors (Lipinski definition) is 1. The zero-order valence-electron chi connectivity index (χ0n) is 7.66. The van der Waals surface area contributed by atoms with E-state index in [1.165, 1.54) is 4.90 Å². The van der Waals surface area contributed by atoms with E-state index in [1.807, 2.05) is 6.92 Å². The first-order valence-corrected chi connectivity index (χ1v) is 4.27. The minimum atomic E-state index is -0.344. The molecule has 0 saturated carbocycles. The summed E-state index contributed by atoms with van der Waals surface area (Å²) in [5.41, 5.74) is 5.42. The lowest BCUT2D eigenvalue weighted by molar-refractivity contribution is -0.162. The Morgan fingerprint density at radius 3 is 2.92 bits per heavy atom. The summed E-state index contributed by atoms with van der Waals surface area (Å²) in [7, 11) is 0. The van der Waals surface area contributed by atoms with Crippen LogP contribution in [-0.4, -0.2) is 43.0 Å². The van der Waals surface area contributed by atoms with Gasteiger partial charge in [0.1, 0.15) is 6.54 Å². The molecule has 74 valence electrons. The van der Waals surface area contributed by atoms with Gasteiger partial charge in [0.25, 0.3) is 5.91 Å². The number of nitrogens with zero attached hydrogens (tertiary/aromatic N) is 1. The number of carbonyl (C=O) groups excluding carboxylic acids is 2. The second kappa shape index (κ2) is 4.23. The highest BCUT2D eigenvalue weighted by Gasteiger charge is 2.25. The van der Waals surface area contributed by atoms with Crippen LogP contribution in [0.4, 0.5) is 0 Å². The Kier molecular flexibility index (Phi) is 3.25. The summed E-state index contributed by atoms with van der Waals surface area (Å²) in [6, 6.07) is 0. The highest BCUT2D eigenvalue weighted by Crippen LogP contribution is 2.04. The van der Waals surface area contributed by atoms with Crippen LogP contribution in [0.25, 0.3) is 0 Å². The van der Waals surface area contributed by atoms with E-state index >= 15 is 0 Å². The van der Waals surface area contributed by atoms with Crippen molar-refractivity contribution in [1.82, 2.24) is 4.90 Å². The largest absolute Gasteiger partial charge is 0.454 e. The number of esters is 1. The lowest BCUT2D eigenvalue weighted by Gasteiger charge is -2.27. The van der Waals surface area contributed by atoms with Gasteiger partial charge in [0.15, 0.2) is 6.61 Å². The Balaban J connectivity index is 2.46. The number of rotatable bonds is 3. The first-order chi connectivity index (χ1) is 6.13. The normalized spacial score (nSPS) is 20.0. The molecule has 5 heteroatoms. The maximum atomic E-state index is 11.2. The third-order valence-electron chi connectivity index (χ3n) is 1.96. The molecule has 1 amide bonds. The molecule has 1 rings (SSSR count). The van der Waals surface area contributed by atoms with Crippen molar-refractivity contribution < 1.29 is 14.3 Å². The summed E-state index contributed by atoms with van der Waals surface area (Å²) in [6.45, 7) is 2.91. The topological polar surface area (TPSA) is 72.6 Å². The van der Waals surface area contributed by atoms with Crippen molar-refractivity contribution in [2.45, 2.75) is 6.92 Å². The van der Waals surface area contributed by atoms with Crippen LogP contribution in [0.2, 0.25) is 0 Å². The van der Waals surface area contributed by atoms with Crippen LogP contribution in [0.1, 0.15) is 6.92 Å². The van der Waals surface area contributed by atoms with Crippen molar-refractivity contribution in [1.29, 1.82) is 0 Å². The molecular weight excluding hydrogens is 172 g/mol. The van der Waals surface area contributed by atoms with Crippen molar-refractivity contribution in [3.63, 3.8) is 0 Å². The third-order valence-corrected chi connectivity index (χ3v) is 1.96. The number of nitrogens with two attached hydrogens (primary N) is 1. The van der Waals surface area contributed by atoms with Gasteiger partial charge in [0, 0.05) is 6.54 Å². The SMILES string of the molecule is CC(CN)CN1CC(=O)OCC1=O. The summed E-state index contributed by atoms with van der Waals surface area (Å²) in [5.74, 6) is -0.265. The molecule has 0 aromatic carbocycles. The molecule has 0 bridgehead atoms. The summed E-state index contributed by atoms with van der Waals surface area (Å²) >= 11 is 0. The maximum Gasteiger partial charge on any atom is 0.326 e. The van der Waals surface area contributed by atoms with E-state index in [4.69, 9.17) is 5.73 Å². The zero-order chi connectivity index (χ0) is 9.84. The number of ether oxygens (including phenoxy) is 1. The van der Waals surface area contributed by atoms with Crippen LogP contribution < -0.4 is 5.73 Å². The lowest BCUT2D eigenvalue weighted by Crippen LogP contribution is -2.46. The smallest absolute Gasteiger partial charge is 0.326 e. The summed E-state index contributed by atoms with van der Waals surface area (Å²) in [4.78, 5) is 23.5. The Labute approximate surface area is 76.8 Å². The van der Waals surface area contributed by atoms with Crippen molar-refractivity contribution >= 4 is 11.9 Å². The van der Waals surface area contributed by atoms with Gasteiger partial charge in [-0.15, -0.1) is 0 Å². The highest BCUT2D eigenvalue weighted by molar-refractivity contribution is 5.88. The number of carbonyl (C=O) groups is 2. The van der Waals surface area contributed by atoms with Gasteiger partial charge in [-0.3, -0.25) is 9.59 Å². The Morgan fingerprint density at radius 2 is 2.31 bits per heavy atom. The summed E-state index contributed by atoms with van der Waals surface area (Å²) in [6.07, 6.45) is 0. The Hall–Kier alpha value is -1.10. The van der Waals surface area contributed by atoms with E-state index in [0.717, 1.165) is 0 Å². The lowest BCUT2D eigenvalue weighted by atomic mass is 10.1. The molecule has 1 atom stereocenters.